The van der Waals surface area contributed by atoms with E-state index < -0.39 is 45.1 Å². The van der Waals surface area contributed by atoms with Gasteiger partial charge in [-0.3, -0.25) is 0 Å². The van der Waals surface area contributed by atoms with Crippen LogP contribution in [0.15, 0.2) is 0 Å². The number of phosphoric ester groups is 1. The summed E-state index contributed by atoms with van der Waals surface area (Å²) in [6, 6.07) is 0. The molecule has 0 spiro atoms. The maximum absolute atomic E-state index is 10.3. The summed E-state index contributed by atoms with van der Waals surface area (Å²) in [4.78, 5) is 20.6. The standard InChI is InChI=1S/C6H13O9P/c7-1-2-3(8)4(9)5(10)6(14-2)15-16(11,12)13/h2-10H,1H2,(H2,11,12,13)/p-2/t2-,3-,4+,5-,6-/m0/s1. The lowest BCUT2D eigenvalue weighted by molar-refractivity contribution is -0.368. The summed E-state index contributed by atoms with van der Waals surface area (Å²) in [6.45, 7) is -0.743. The van der Waals surface area contributed by atoms with E-state index in [2.05, 4.69) is 9.26 Å². The van der Waals surface area contributed by atoms with E-state index in [1.165, 1.54) is 0 Å². The van der Waals surface area contributed by atoms with Crippen molar-refractivity contribution in [3.8, 4) is 0 Å². The zero-order valence-corrected chi connectivity index (χ0v) is 8.77. The van der Waals surface area contributed by atoms with Gasteiger partial charge in [0.15, 0.2) is 6.29 Å². The maximum Gasteiger partial charge on any atom is 0.191 e. The zero-order valence-electron chi connectivity index (χ0n) is 7.87. The van der Waals surface area contributed by atoms with Crippen molar-refractivity contribution in [3.63, 3.8) is 0 Å². The van der Waals surface area contributed by atoms with Crippen molar-refractivity contribution < 1.29 is 44.0 Å². The summed E-state index contributed by atoms with van der Waals surface area (Å²) in [5.41, 5.74) is 0. The van der Waals surface area contributed by atoms with Crippen molar-refractivity contribution in [1.82, 2.24) is 0 Å². The molecule has 0 radical (unpaired) electrons. The fourth-order valence-corrected chi connectivity index (χ4v) is 1.71. The van der Waals surface area contributed by atoms with Crippen LogP contribution in [0, 0.1) is 0 Å². The Balaban J connectivity index is 2.75. The van der Waals surface area contributed by atoms with Gasteiger partial charge in [0, 0.05) is 0 Å². The molecule has 0 saturated carbocycles. The maximum atomic E-state index is 10.3. The highest BCUT2D eigenvalue weighted by atomic mass is 31.2. The number of rotatable bonds is 3. The van der Waals surface area contributed by atoms with Gasteiger partial charge in [0.2, 0.25) is 0 Å². The summed E-state index contributed by atoms with van der Waals surface area (Å²) >= 11 is 0. The number of aliphatic hydroxyl groups is 4. The van der Waals surface area contributed by atoms with E-state index >= 15 is 0 Å². The third kappa shape index (κ3) is 3.20. The Labute approximate surface area is 90.1 Å². The van der Waals surface area contributed by atoms with Gasteiger partial charge in [0.05, 0.1) is 14.4 Å². The molecular weight excluding hydrogens is 247 g/mol. The van der Waals surface area contributed by atoms with Crippen molar-refractivity contribution in [2.75, 3.05) is 6.61 Å². The van der Waals surface area contributed by atoms with Crippen LogP contribution in [0.5, 0.6) is 0 Å². The molecule has 0 aromatic carbocycles. The highest BCUT2D eigenvalue weighted by Crippen LogP contribution is 2.33. The summed E-state index contributed by atoms with van der Waals surface area (Å²) in [5.74, 6) is 0. The third-order valence-electron chi connectivity index (χ3n) is 2.08. The molecule has 9 nitrogen and oxygen atoms in total. The Morgan fingerprint density at radius 1 is 1.19 bits per heavy atom. The van der Waals surface area contributed by atoms with Gasteiger partial charge >= 0.3 is 0 Å². The number of ether oxygens (including phenoxy) is 1. The van der Waals surface area contributed by atoms with Crippen molar-refractivity contribution in [3.05, 3.63) is 0 Å². The van der Waals surface area contributed by atoms with E-state index in [9.17, 15) is 29.7 Å². The average molecular weight is 258 g/mol. The predicted octanol–water partition coefficient (Wildman–Crippen LogP) is -4.37. The molecule has 0 aliphatic carbocycles. The first kappa shape index (κ1) is 14.0. The smallest absolute Gasteiger partial charge is 0.191 e. The zero-order chi connectivity index (χ0) is 12.5. The number of phosphoric acid groups is 1. The molecule has 96 valence electrons. The predicted molar refractivity (Wildman–Crippen MR) is 42.5 cm³/mol. The van der Waals surface area contributed by atoms with E-state index in [1.807, 2.05) is 0 Å². The highest BCUT2D eigenvalue weighted by molar-refractivity contribution is 7.43. The second-order valence-corrected chi connectivity index (χ2v) is 4.36. The summed E-state index contributed by atoms with van der Waals surface area (Å²) in [6.07, 6.45) is -8.61. The Morgan fingerprint density at radius 2 is 1.75 bits per heavy atom. The molecule has 1 heterocycles. The topological polar surface area (TPSA) is 163 Å². The second kappa shape index (κ2) is 5.05. The van der Waals surface area contributed by atoms with E-state index in [0.717, 1.165) is 0 Å². The molecule has 1 saturated heterocycles. The van der Waals surface area contributed by atoms with E-state index in [-0.39, 0.29) is 0 Å². The summed E-state index contributed by atoms with van der Waals surface area (Å²) in [5, 5.41) is 36.5. The van der Waals surface area contributed by atoms with E-state index in [1.54, 1.807) is 0 Å². The molecule has 1 aliphatic rings. The van der Waals surface area contributed by atoms with Crippen molar-refractivity contribution >= 4 is 7.82 Å². The number of hydrogen-bond acceptors (Lipinski definition) is 9. The molecule has 0 bridgehead atoms. The van der Waals surface area contributed by atoms with E-state index in [0.29, 0.717) is 0 Å². The molecule has 16 heavy (non-hydrogen) atoms. The van der Waals surface area contributed by atoms with Crippen molar-refractivity contribution in [1.29, 1.82) is 0 Å². The molecule has 10 heteroatoms. The van der Waals surface area contributed by atoms with Gasteiger partial charge in [0.1, 0.15) is 24.4 Å². The van der Waals surface area contributed by atoms with Crippen LogP contribution >= 0.6 is 7.82 Å². The average Bonchev–Trinajstić information content (AvgIpc) is 2.17. The van der Waals surface area contributed by atoms with Gasteiger partial charge < -0.3 is 44.0 Å². The first-order valence-corrected chi connectivity index (χ1v) is 5.73. The van der Waals surface area contributed by atoms with Gasteiger partial charge in [-0.25, -0.2) is 0 Å². The minimum Gasteiger partial charge on any atom is -0.790 e. The van der Waals surface area contributed by atoms with Crippen LogP contribution in [0.25, 0.3) is 0 Å². The lowest BCUT2D eigenvalue weighted by atomic mass is 10.00. The quantitative estimate of drug-likeness (QED) is 0.366. The summed E-state index contributed by atoms with van der Waals surface area (Å²) < 4.78 is 18.7. The normalized spacial score (nSPS) is 41.0. The lowest BCUT2D eigenvalue weighted by Gasteiger charge is -2.43. The number of hydrogen-bond donors (Lipinski definition) is 4. The minimum absolute atomic E-state index is 0.743. The second-order valence-electron chi connectivity index (χ2n) is 3.25. The fourth-order valence-electron chi connectivity index (χ4n) is 1.28. The lowest BCUT2D eigenvalue weighted by Crippen LogP contribution is -2.59. The minimum atomic E-state index is -5.41. The number of aliphatic hydroxyl groups excluding tert-OH is 4. The Kier molecular flexibility index (Phi) is 4.41. The highest BCUT2D eigenvalue weighted by Gasteiger charge is 2.44. The molecule has 0 unspecified atom stereocenters. The van der Waals surface area contributed by atoms with Crippen molar-refractivity contribution in [2.45, 2.75) is 30.7 Å². The molecule has 1 aliphatic heterocycles. The molecule has 0 aromatic rings. The third-order valence-corrected chi connectivity index (χ3v) is 2.55. The van der Waals surface area contributed by atoms with Crippen LogP contribution in [-0.2, 0) is 13.8 Å². The molecule has 4 N–H and O–H groups in total. The van der Waals surface area contributed by atoms with Crippen LogP contribution in [0.1, 0.15) is 0 Å². The molecule has 0 aromatic heterocycles. The first-order valence-electron chi connectivity index (χ1n) is 4.27. The Morgan fingerprint density at radius 3 is 2.19 bits per heavy atom. The van der Waals surface area contributed by atoms with Gasteiger partial charge in [-0.2, -0.15) is 0 Å². The van der Waals surface area contributed by atoms with Gasteiger partial charge in [-0.1, -0.05) is 0 Å². The molecular formula is C6H11O9P-2. The first-order chi connectivity index (χ1) is 7.26. The van der Waals surface area contributed by atoms with Crippen LogP contribution in [0.2, 0.25) is 0 Å². The fraction of sp³-hybridized carbons (Fsp3) is 1.00. The molecule has 0 amide bonds. The Hall–Kier alpha value is -0.0900. The largest absolute Gasteiger partial charge is 0.790 e. The van der Waals surface area contributed by atoms with E-state index in [4.69, 9.17) is 5.11 Å². The Bertz CT molecular complexity index is 275. The summed E-state index contributed by atoms with van der Waals surface area (Å²) in [7, 11) is -5.41. The SMILES string of the molecule is O=P([O-])([O-])O[C@@H]1O[C@@H](CO)[C@H](O)[C@@H](O)[C@@H]1O. The van der Waals surface area contributed by atoms with Crippen LogP contribution < -0.4 is 9.79 Å². The molecule has 1 rings (SSSR count). The molecule has 5 atom stereocenters. The van der Waals surface area contributed by atoms with Crippen LogP contribution in [0.4, 0.5) is 0 Å². The monoisotopic (exact) mass is 258 g/mol. The van der Waals surface area contributed by atoms with Gasteiger partial charge in [-0.15, -0.1) is 0 Å². The van der Waals surface area contributed by atoms with Gasteiger partial charge in [-0.05, 0) is 0 Å². The van der Waals surface area contributed by atoms with Crippen molar-refractivity contribution in [2.24, 2.45) is 0 Å². The van der Waals surface area contributed by atoms with Crippen LogP contribution in [-0.4, -0.2) is 57.7 Å². The van der Waals surface area contributed by atoms with Crippen LogP contribution in [0.3, 0.4) is 0 Å². The van der Waals surface area contributed by atoms with Gasteiger partial charge in [0.25, 0.3) is 0 Å². The molecule has 1 fully saturated rings.